The average Bonchev–Trinajstić information content (AvgIpc) is 2.91. The van der Waals surface area contributed by atoms with Crippen LogP contribution < -0.4 is 5.32 Å². The lowest BCUT2D eigenvalue weighted by Crippen LogP contribution is -2.42. The molecule has 0 radical (unpaired) electrons. The van der Waals surface area contributed by atoms with E-state index in [1.165, 1.54) is 63.7 Å². The standard InChI is InChI=1S/C17H30N2/c1-15(2)8-12-19-13-9-17(10-14-19)18-11-7-16-5-3-4-6-16/h5,8,17-18H,3-4,6-7,9-14H2,1-2H3. The minimum absolute atomic E-state index is 0.755. The van der Waals surface area contributed by atoms with Gasteiger partial charge < -0.3 is 5.32 Å². The van der Waals surface area contributed by atoms with Gasteiger partial charge in [-0.05, 0) is 72.0 Å². The lowest BCUT2D eigenvalue weighted by Gasteiger charge is -2.32. The van der Waals surface area contributed by atoms with Gasteiger partial charge in [0.1, 0.15) is 0 Å². The maximum atomic E-state index is 3.75. The van der Waals surface area contributed by atoms with Gasteiger partial charge >= 0.3 is 0 Å². The summed E-state index contributed by atoms with van der Waals surface area (Å²) >= 11 is 0. The summed E-state index contributed by atoms with van der Waals surface area (Å²) in [6, 6.07) is 0.755. The predicted molar refractivity (Wildman–Crippen MR) is 83.4 cm³/mol. The molecule has 19 heavy (non-hydrogen) atoms. The summed E-state index contributed by atoms with van der Waals surface area (Å²) in [5.41, 5.74) is 3.12. The Balaban J connectivity index is 1.57. The number of nitrogens with one attached hydrogen (secondary N) is 1. The molecule has 1 saturated heterocycles. The molecule has 0 aromatic heterocycles. The molecule has 0 amide bonds. The molecule has 1 N–H and O–H groups in total. The highest BCUT2D eigenvalue weighted by Gasteiger charge is 2.17. The number of piperidine rings is 1. The Hall–Kier alpha value is -0.600. The lowest BCUT2D eigenvalue weighted by molar-refractivity contribution is 0.215. The summed E-state index contributed by atoms with van der Waals surface area (Å²) in [6.45, 7) is 9.21. The van der Waals surface area contributed by atoms with Gasteiger partial charge in [0.2, 0.25) is 0 Å². The fraction of sp³-hybridized carbons (Fsp3) is 0.765. The molecule has 2 aliphatic rings. The number of likely N-dealkylation sites (tertiary alicyclic amines) is 1. The Kier molecular flexibility index (Phi) is 6.12. The Morgan fingerprint density at radius 2 is 2.16 bits per heavy atom. The topological polar surface area (TPSA) is 15.3 Å². The molecule has 0 spiro atoms. The van der Waals surface area contributed by atoms with Crippen LogP contribution in [0.3, 0.4) is 0 Å². The molecule has 0 aromatic carbocycles. The molecule has 0 atom stereocenters. The second kappa shape index (κ2) is 7.86. The van der Waals surface area contributed by atoms with E-state index in [1.807, 2.05) is 0 Å². The van der Waals surface area contributed by atoms with Gasteiger partial charge in [-0.3, -0.25) is 4.90 Å². The van der Waals surface area contributed by atoms with Crippen molar-refractivity contribution in [3.8, 4) is 0 Å². The minimum Gasteiger partial charge on any atom is -0.314 e. The molecule has 0 saturated carbocycles. The third-order valence-electron chi connectivity index (χ3n) is 4.36. The van der Waals surface area contributed by atoms with Crippen LogP contribution in [-0.4, -0.2) is 37.1 Å². The maximum Gasteiger partial charge on any atom is 0.0165 e. The normalized spacial score (nSPS) is 21.5. The molecule has 0 bridgehead atoms. The lowest BCUT2D eigenvalue weighted by atomic mass is 10.0. The second-order valence-corrected chi connectivity index (χ2v) is 6.32. The highest BCUT2D eigenvalue weighted by atomic mass is 15.1. The van der Waals surface area contributed by atoms with Crippen LogP contribution in [0, 0.1) is 0 Å². The van der Waals surface area contributed by atoms with Crippen molar-refractivity contribution in [2.75, 3.05) is 26.2 Å². The summed E-state index contributed by atoms with van der Waals surface area (Å²) in [5.74, 6) is 0. The molecule has 0 unspecified atom stereocenters. The van der Waals surface area contributed by atoms with E-state index in [9.17, 15) is 0 Å². The van der Waals surface area contributed by atoms with E-state index in [4.69, 9.17) is 0 Å². The van der Waals surface area contributed by atoms with Gasteiger partial charge in [0.05, 0.1) is 0 Å². The number of hydrogen-bond acceptors (Lipinski definition) is 2. The Labute approximate surface area is 118 Å². The van der Waals surface area contributed by atoms with Crippen LogP contribution >= 0.6 is 0 Å². The summed E-state index contributed by atoms with van der Waals surface area (Å²) < 4.78 is 0. The van der Waals surface area contributed by atoms with Crippen LogP contribution in [0.25, 0.3) is 0 Å². The summed E-state index contributed by atoms with van der Waals surface area (Å²) in [4.78, 5) is 2.57. The fourth-order valence-corrected chi connectivity index (χ4v) is 3.03. The van der Waals surface area contributed by atoms with E-state index in [0.717, 1.165) is 12.6 Å². The fourth-order valence-electron chi connectivity index (χ4n) is 3.03. The van der Waals surface area contributed by atoms with E-state index >= 15 is 0 Å². The van der Waals surface area contributed by atoms with Crippen LogP contribution in [0.15, 0.2) is 23.3 Å². The SMILES string of the molecule is CC(C)=CCN1CCC(NCCC2=CCCC2)CC1. The molecular weight excluding hydrogens is 232 g/mol. The molecule has 0 aromatic rings. The molecular formula is C17H30N2. The molecule has 1 aliphatic carbocycles. The number of hydrogen-bond donors (Lipinski definition) is 1. The number of rotatable bonds is 6. The predicted octanol–water partition coefficient (Wildman–Crippen LogP) is 3.51. The van der Waals surface area contributed by atoms with Crippen molar-refractivity contribution in [2.24, 2.45) is 0 Å². The van der Waals surface area contributed by atoms with Crippen LogP contribution in [0.4, 0.5) is 0 Å². The van der Waals surface area contributed by atoms with E-state index in [0.29, 0.717) is 0 Å². The van der Waals surface area contributed by atoms with Crippen molar-refractivity contribution < 1.29 is 0 Å². The largest absolute Gasteiger partial charge is 0.314 e. The zero-order valence-electron chi connectivity index (χ0n) is 12.8. The van der Waals surface area contributed by atoms with Crippen molar-refractivity contribution in [1.82, 2.24) is 10.2 Å². The summed E-state index contributed by atoms with van der Waals surface area (Å²) in [5, 5.41) is 3.75. The monoisotopic (exact) mass is 262 g/mol. The van der Waals surface area contributed by atoms with Crippen LogP contribution in [0.2, 0.25) is 0 Å². The second-order valence-electron chi connectivity index (χ2n) is 6.32. The van der Waals surface area contributed by atoms with Crippen molar-refractivity contribution in [3.05, 3.63) is 23.3 Å². The number of allylic oxidation sites excluding steroid dienone is 2. The maximum absolute atomic E-state index is 3.75. The van der Waals surface area contributed by atoms with Gasteiger partial charge in [0.25, 0.3) is 0 Å². The third-order valence-corrected chi connectivity index (χ3v) is 4.36. The van der Waals surface area contributed by atoms with Gasteiger partial charge in [-0.15, -0.1) is 0 Å². The average molecular weight is 262 g/mol. The molecule has 1 heterocycles. The van der Waals surface area contributed by atoms with Gasteiger partial charge in [-0.2, -0.15) is 0 Å². The first-order chi connectivity index (χ1) is 9.24. The molecule has 2 heteroatoms. The van der Waals surface area contributed by atoms with Crippen molar-refractivity contribution >= 4 is 0 Å². The van der Waals surface area contributed by atoms with Crippen molar-refractivity contribution in [3.63, 3.8) is 0 Å². The molecule has 2 nitrogen and oxygen atoms in total. The quantitative estimate of drug-likeness (QED) is 0.737. The summed E-state index contributed by atoms with van der Waals surface area (Å²) in [6.07, 6.45) is 12.8. The van der Waals surface area contributed by atoms with Crippen LogP contribution in [-0.2, 0) is 0 Å². The summed E-state index contributed by atoms with van der Waals surface area (Å²) in [7, 11) is 0. The zero-order chi connectivity index (χ0) is 13.5. The smallest absolute Gasteiger partial charge is 0.0165 e. The van der Waals surface area contributed by atoms with Gasteiger partial charge in [-0.25, -0.2) is 0 Å². The Morgan fingerprint density at radius 3 is 2.79 bits per heavy atom. The number of nitrogens with zero attached hydrogens (tertiary/aromatic N) is 1. The Morgan fingerprint density at radius 1 is 1.37 bits per heavy atom. The molecule has 2 rings (SSSR count). The van der Waals surface area contributed by atoms with Crippen molar-refractivity contribution in [1.29, 1.82) is 0 Å². The third kappa shape index (κ3) is 5.50. The van der Waals surface area contributed by atoms with Crippen LogP contribution in [0.1, 0.15) is 52.4 Å². The van der Waals surface area contributed by atoms with Gasteiger partial charge in [-0.1, -0.05) is 23.3 Å². The minimum atomic E-state index is 0.755. The highest BCUT2D eigenvalue weighted by Crippen LogP contribution is 2.20. The van der Waals surface area contributed by atoms with E-state index in [-0.39, 0.29) is 0 Å². The zero-order valence-corrected chi connectivity index (χ0v) is 12.8. The first-order valence-corrected chi connectivity index (χ1v) is 8.01. The van der Waals surface area contributed by atoms with Crippen molar-refractivity contribution in [2.45, 2.75) is 58.4 Å². The molecule has 108 valence electrons. The van der Waals surface area contributed by atoms with Crippen LogP contribution in [0.5, 0.6) is 0 Å². The van der Waals surface area contributed by atoms with Gasteiger partial charge in [0, 0.05) is 12.6 Å². The van der Waals surface area contributed by atoms with E-state index in [2.05, 4.69) is 36.2 Å². The molecule has 1 aliphatic heterocycles. The first-order valence-electron chi connectivity index (χ1n) is 8.01. The van der Waals surface area contributed by atoms with E-state index < -0.39 is 0 Å². The van der Waals surface area contributed by atoms with E-state index in [1.54, 1.807) is 5.57 Å². The first kappa shape index (κ1) is 14.8. The molecule has 1 fully saturated rings. The van der Waals surface area contributed by atoms with Gasteiger partial charge in [0.15, 0.2) is 0 Å². The Bertz CT molecular complexity index is 318. The highest BCUT2D eigenvalue weighted by molar-refractivity contribution is 5.07.